The summed E-state index contributed by atoms with van der Waals surface area (Å²) in [5.74, 6) is 1.38. The number of aryl methyl sites for hydroxylation is 1. The van der Waals surface area contributed by atoms with E-state index in [9.17, 15) is 20.2 Å². The van der Waals surface area contributed by atoms with Gasteiger partial charge in [0.25, 0.3) is 5.69 Å². The lowest BCUT2D eigenvalue weighted by atomic mass is 10.1. The summed E-state index contributed by atoms with van der Waals surface area (Å²) >= 11 is 4.73. The van der Waals surface area contributed by atoms with Crippen LogP contribution in [0.4, 0.5) is 5.69 Å². The lowest BCUT2D eigenvalue weighted by Crippen LogP contribution is -2.12. The van der Waals surface area contributed by atoms with Crippen LogP contribution >= 0.6 is 27.7 Å². The first-order chi connectivity index (χ1) is 18.3. The minimum atomic E-state index is -0.618. The summed E-state index contributed by atoms with van der Waals surface area (Å²) in [6.45, 7) is 1.51. The van der Waals surface area contributed by atoms with Crippen LogP contribution in [-0.2, 0) is 6.61 Å². The van der Waals surface area contributed by atoms with E-state index >= 15 is 0 Å². The molecule has 0 aliphatic rings. The molecule has 0 saturated heterocycles. The fourth-order valence-corrected chi connectivity index (χ4v) is 5.48. The van der Waals surface area contributed by atoms with Crippen molar-refractivity contribution >= 4 is 33.4 Å². The first kappa shape index (κ1) is 27.1. The third-order valence-corrected chi connectivity index (χ3v) is 7.27. The van der Waals surface area contributed by atoms with E-state index in [1.54, 1.807) is 24.3 Å². The number of rotatable bonds is 11. The van der Waals surface area contributed by atoms with E-state index in [0.29, 0.717) is 38.1 Å². The molecule has 4 rings (SSSR count). The molecule has 0 saturated carbocycles. The molecule has 0 bridgehead atoms. The normalized spacial score (nSPS) is 11.7. The van der Waals surface area contributed by atoms with E-state index in [-0.39, 0.29) is 23.8 Å². The van der Waals surface area contributed by atoms with Crippen LogP contribution in [-0.4, -0.2) is 38.3 Å². The largest absolute Gasteiger partial charge is 0.493 e. The minimum absolute atomic E-state index is 0.0364. The topological polar surface area (TPSA) is 135 Å². The molecular weight excluding hydrogens is 578 g/mol. The lowest BCUT2D eigenvalue weighted by Gasteiger charge is -2.18. The number of halogens is 1. The second-order valence-corrected chi connectivity index (χ2v) is 10.1. The quantitative estimate of drug-likeness (QED) is 0.116. The summed E-state index contributed by atoms with van der Waals surface area (Å²) in [4.78, 5) is 21.8. The smallest absolute Gasteiger partial charge is 0.269 e. The Morgan fingerprint density at radius 2 is 1.82 bits per heavy atom. The third-order valence-electron chi connectivity index (χ3n) is 5.50. The molecule has 0 radical (unpaired) electrons. The second-order valence-electron chi connectivity index (χ2n) is 8.07. The van der Waals surface area contributed by atoms with E-state index in [0.717, 1.165) is 5.69 Å². The van der Waals surface area contributed by atoms with Gasteiger partial charge in [0.05, 0.1) is 16.5 Å². The third kappa shape index (κ3) is 6.29. The number of benzene rings is 3. The molecule has 0 amide bonds. The number of non-ortho nitro benzene ring substituents is 1. The molecule has 0 fully saturated rings. The Morgan fingerprint density at radius 3 is 2.50 bits per heavy atom. The zero-order valence-electron chi connectivity index (χ0n) is 20.3. The standard InChI is InChI=1S/C25H22BrN5O6S/c1-16-27-28-25(30(16)19-8-4-3-5-9-19)38-23(14-29(32)33)18-12-21(26)24(22(13-18)36-2)37-15-17-7-6-10-20(11-17)31(34)35/h3-13,23H,14-15H2,1-2H3/t23-/m0/s1. The minimum Gasteiger partial charge on any atom is -0.493 e. The van der Waals surface area contributed by atoms with Gasteiger partial charge in [0, 0.05) is 22.7 Å². The fraction of sp³-hybridized carbons (Fsp3) is 0.200. The highest BCUT2D eigenvalue weighted by molar-refractivity contribution is 9.10. The summed E-state index contributed by atoms with van der Waals surface area (Å²) in [6, 6.07) is 19.1. The highest BCUT2D eigenvalue weighted by Gasteiger charge is 2.26. The number of nitro benzene ring substituents is 1. The van der Waals surface area contributed by atoms with Crippen LogP contribution in [0.5, 0.6) is 11.5 Å². The maximum absolute atomic E-state index is 11.6. The van der Waals surface area contributed by atoms with Crippen LogP contribution in [0, 0.1) is 27.2 Å². The Balaban J connectivity index is 1.63. The Kier molecular flexibility index (Phi) is 8.59. The molecule has 4 aromatic rings. The maximum Gasteiger partial charge on any atom is 0.269 e. The van der Waals surface area contributed by atoms with Crippen molar-refractivity contribution < 1.29 is 19.3 Å². The molecule has 11 nitrogen and oxygen atoms in total. The highest BCUT2D eigenvalue weighted by Crippen LogP contribution is 2.43. The predicted octanol–water partition coefficient (Wildman–Crippen LogP) is 5.94. The van der Waals surface area contributed by atoms with Crippen molar-refractivity contribution in [3.63, 3.8) is 0 Å². The van der Waals surface area contributed by atoms with E-state index in [1.807, 2.05) is 41.8 Å². The Bertz CT molecular complexity index is 1470. The first-order valence-corrected chi connectivity index (χ1v) is 12.9. The summed E-state index contributed by atoms with van der Waals surface area (Å²) in [5, 5.41) is 31.0. The number of methoxy groups -OCH3 is 1. The van der Waals surface area contributed by atoms with E-state index < -0.39 is 10.2 Å². The summed E-state index contributed by atoms with van der Waals surface area (Å²) in [5.41, 5.74) is 2.04. The van der Waals surface area contributed by atoms with Gasteiger partial charge in [-0.1, -0.05) is 42.1 Å². The Hall–Kier alpha value is -3.97. The van der Waals surface area contributed by atoms with Gasteiger partial charge in [0.1, 0.15) is 17.7 Å². The maximum atomic E-state index is 11.6. The Labute approximate surface area is 230 Å². The van der Waals surface area contributed by atoms with Crippen LogP contribution in [0.2, 0.25) is 0 Å². The number of hydrogen-bond acceptors (Lipinski definition) is 9. The van der Waals surface area contributed by atoms with Crippen molar-refractivity contribution in [2.24, 2.45) is 0 Å². The van der Waals surface area contributed by atoms with Gasteiger partial charge in [-0.3, -0.25) is 24.8 Å². The fourth-order valence-electron chi connectivity index (χ4n) is 3.75. The van der Waals surface area contributed by atoms with Crippen molar-refractivity contribution in [3.05, 3.63) is 108 Å². The molecule has 13 heteroatoms. The average molecular weight is 600 g/mol. The van der Waals surface area contributed by atoms with E-state index in [4.69, 9.17) is 9.47 Å². The average Bonchev–Trinajstić information content (AvgIpc) is 3.27. The van der Waals surface area contributed by atoms with Crippen LogP contribution < -0.4 is 9.47 Å². The van der Waals surface area contributed by atoms with Gasteiger partial charge in [0.2, 0.25) is 6.54 Å². The van der Waals surface area contributed by atoms with Gasteiger partial charge in [-0.15, -0.1) is 10.2 Å². The van der Waals surface area contributed by atoms with E-state index in [2.05, 4.69) is 26.1 Å². The molecule has 38 heavy (non-hydrogen) atoms. The van der Waals surface area contributed by atoms with E-state index in [1.165, 1.54) is 31.0 Å². The van der Waals surface area contributed by atoms with Crippen LogP contribution in [0.1, 0.15) is 22.2 Å². The van der Waals surface area contributed by atoms with Crippen LogP contribution in [0.25, 0.3) is 5.69 Å². The monoisotopic (exact) mass is 599 g/mol. The number of hydrogen-bond donors (Lipinski definition) is 0. The predicted molar refractivity (Wildman–Crippen MR) is 145 cm³/mol. The van der Waals surface area contributed by atoms with Crippen molar-refractivity contribution in [3.8, 4) is 17.2 Å². The van der Waals surface area contributed by atoms with Gasteiger partial charge < -0.3 is 9.47 Å². The number of ether oxygens (including phenoxy) is 2. The summed E-state index contributed by atoms with van der Waals surface area (Å²) < 4.78 is 13.8. The zero-order valence-corrected chi connectivity index (χ0v) is 22.7. The molecule has 0 aliphatic carbocycles. The van der Waals surface area contributed by atoms with Gasteiger partial charge in [-0.05, 0) is 58.2 Å². The highest BCUT2D eigenvalue weighted by atomic mass is 79.9. The zero-order chi connectivity index (χ0) is 27.2. The summed E-state index contributed by atoms with van der Waals surface area (Å²) in [6.07, 6.45) is 0. The van der Waals surface area contributed by atoms with Crippen molar-refractivity contribution in [1.29, 1.82) is 0 Å². The van der Waals surface area contributed by atoms with Crippen molar-refractivity contribution in [1.82, 2.24) is 14.8 Å². The molecule has 1 atom stereocenters. The molecule has 196 valence electrons. The molecule has 0 unspecified atom stereocenters. The summed E-state index contributed by atoms with van der Waals surface area (Å²) in [7, 11) is 1.47. The number of aromatic nitrogens is 3. The van der Waals surface area contributed by atoms with Gasteiger partial charge in [-0.25, -0.2) is 0 Å². The molecule has 1 heterocycles. The number of nitrogens with zero attached hydrogens (tertiary/aromatic N) is 5. The molecule has 0 spiro atoms. The van der Waals surface area contributed by atoms with Crippen molar-refractivity contribution in [2.45, 2.75) is 23.9 Å². The molecule has 1 aromatic heterocycles. The molecular formula is C25H22BrN5O6S. The van der Waals surface area contributed by atoms with Crippen molar-refractivity contribution in [2.75, 3.05) is 13.7 Å². The van der Waals surface area contributed by atoms with Crippen LogP contribution in [0.15, 0.2) is 76.4 Å². The molecule has 0 aliphatic heterocycles. The number of thioether (sulfide) groups is 1. The molecule has 3 aromatic carbocycles. The first-order valence-electron chi connectivity index (χ1n) is 11.3. The van der Waals surface area contributed by atoms with Crippen LogP contribution in [0.3, 0.4) is 0 Å². The van der Waals surface area contributed by atoms with Gasteiger partial charge in [-0.2, -0.15) is 0 Å². The Morgan fingerprint density at radius 1 is 1.05 bits per heavy atom. The molecule has 0 N–H and O–H groups in total. The van der Waals surface area contributed by atoms with Gasteiger partial charge >= 0.3 is 0 Å². The van der Waals surface area contributed by atoms with Gasteiger partial charge in [0.15, 0.2) is 16.7 Å². The lowest BCUT2D eigenvalue weighted by molar-refractivity contribution is -0.479. The SMILES string of the molecule is COc1cc([C@H](C[N+](=O)[O-])Sc2nnc(C)n2-c2ccccc2)cc(Br)c1OCc1cccc([N+](=O)[O-])c1. The second kappa shape index (κ2) is 12.0. The number of nitro groups is 2. The number of para-hydroxylation sites is 1.